The van der Waals surface area contributed by atoms with Gasteiger partial charge < -0.3 is 10.2 Å². The molecule has 0 fully saturated rings. The molecule has 2 N–H and O–H groups in total. The molecule has 0 aliphatic heterocycles. The van der Waals surface area contributed by atoms with Crippen LogP contribution in [0.3, 0.4) is 0 Å². The molecule has 15 heavy (non-hydrogen) atoms. The van der Waals surface area contributed by atoms with Gasteiger partial charge in [0.25, 0.3) is 0 Å². The summed E-state index contributed by atoms with van der Waals surface area (Å²) in [7, 11) is 0. The number of hydrogen-bond acceptors (Lipinski definition) is 2. The second kappa shape index (κ2) is 7.43. The molecule has 2 nitrogen and oxygen atoms in total. The van der Waals surface area contributed by atoms with Crippen LogP contribution in [-0.2, 0) is 6.42 Å². The third kappa shape index (κ3) is 4.96. The van der Waals surface area contributed by atoms with Gasteiger partial charge in [-0.1, -0.05) is 30.3 Å². The molecule has 0 amide bonds. The van der Waals surface area contributed by atoms with Gasteiger partial charge in [0.1, 0.15) is 0 Å². The maximum Gasteiger partial charge on any atom is 0.0433 e. The number of hydrogen-bond donors (Lipinski definition) is 2. The van der Waals surface area contributed by atoms with Gasteiger partial charge in [-0.05, 0) is 37.2 Å². The van der Waals surface area contributed by atoms with E-state index >= 15 is 0 Å². The van der Waals surface area contributed by atoms with Crippen molar-refractivity contribution >= 4 is 0 Å². The van der Waals surface area contributed by atoms with Crippen LogP contribution >= 0.6 is 0 Å². The summed E-state index contributed by atoms with van der Waals surface area (Å²) in [6.07, 6.45) is 3.68. The molecule has 0 aromatic heterocycles. The van der Waals surface area contributed by atoms with Crippen molar-refractivity contribution in [3.05, 3.63) is 35.9 Å². The number of rotatable bonds is 7. The van der Waals surface area contributed by atoms with Crippen molar-refractivity contribution in [1.82, 2.24) is 0 Å². The SMILES string of the molecule is OCCC(CCO)CCc1ccccc1. The Balaban J connectivity index is 2.33. The molecule has 0 radical (unpaired) electrons. The Morgan fingerprint density at radius 3 is 2.00 bits per heavy atom. The lowest BCUT2D eigenvalue weighted by molar-refractivity contribution is 0.210. The summed E-state index contributed by atoms with van der Waals surface area (Å²) >= 11 is 0. The Labute approximate surface area is 91.6 Å². The van der Waals surface area contributed by atoms with Crippen LogP contribution in [0.15, 0.2) is 30.3 Å². The van der Waals surface area contributed by atoms with Gasteiger partial charge >= 0.3 is 0 Å². The van der Waals surface area contributed by atoms with Crippen LogP contribution in [0.1, 0.15) is 24.8 Å². The second-order valence-corrected chi connectivity index (χ2v) is 3.91. The predicted octanol–water partition coefficient (Wildman–Crippen LogP) is 2.00. The standard InChI is InChI=1S/C13H20O2/c14-10-8-13(9-11-15)7-6-12-4-2-1-3-5-12/h1-5,13-15H,6-11H2. The van der Waals surface area contributed by atoms with Crippen LogP contribution < -0.4 is 0 Å². The zero-order valence-electron chi connectivity index (χ0n) is 9.10. The molecule has 1 rings (SSSR count). The van der Waals surface area contributed by atoms with E-state index in [2.05, 4.69) is 12.1 Å². The zero-order chi connectivity index (χ0) is 10.9. The number of aliphatic hydroxyl groups is 2. The molecular weight excluding hydrogens is 188 g/mol. The molecular formula is C13H20O2. The maximum atomic E-state index is 8.88. The van der Waals surface area contributed by atoms with E-state index < -0.39 is 0 Å². The van der Waals surface area contributed by atoms with Gasteiger partial charge in [0.05, 0.1) is 0 Å². The van der Waals surface area contributed by atoms with E-state index in [0.29, 0.717) is 5.92 Å². The van der Waals surface area contributed by atoms with Crippen LogP contribution in [0.25, 0.3) is 0 Å². The van der Waals surface area contributed by atoms with E-state index in [-0.39, 0.29) is 13.2 Å². The first-order valence-corrected chi connectivity index (χ1v) is 5.62. The quantitative estimate of drug-likeness (QED) is 0.719. The lowest BCUT2D eigenvalue weighted by atomic mass is 9.94. The van der Waals surface area contributed by atoms with Crippen molar-refractivity contribution in [3.8, 4) is 0 Å². The fourth-order valence-electron chi connectivity index (χ4n) is 1.81. The summed E-state index contributed by atoms with van der Waals surface area (Å²) in [5, 5.41) is 17.8. The van der Waals surface area contributed by atoms with Gasteiger partial charge in [0.15, 0.2) is 0 Å². The average Bonchev–Trinajstić information content (AvgIpc) is 2.28. The Morgan fingerprint density at radius 2 is 1.47 bits per heavy atom. The summed E-state index contributed by atoms with van der Waals surface area (Å²) in [5.41, 5.74) is 1.33. The van der Waals surface area contributed by atoms with Crippen molar-refractivity contribution in [3.63, 3.8) is 0 Å². The van der Waals surface area contributed by atoms with E-state index in [4.69, 9.17) is 10.2 Å². The zero-order valence-corrected chi connectivity index (χ0v) is 9.10. The fourth-order valence-corrected chi connectivity index (χ4v) is 1.81. The van der Waals surface area contributed by atoms with E-state index in [1.54, 1.807) is 0 Å². The number of aliphatic hydroxyl groups excluding tert-OH is 2. The van der Waals surface area contributed by atoms with Gasteiger partial charge in [0, 0.05) is 13.2 Å². The van der Waals surface area contributed by atoms with Crippen LogP contribution in [0.4, 0.5) is 0 Å². The maximum absolute atomic E-state index is 8.88. The number of aryl methyl sites for hydroxylation is 1. The van der Waals surface area contributed by atoms with Gasteiger partial charge in [-0.3, -0.25) is 0 Å². The van der Waals surface area contributed by atoms with Crippen LogP contribution in [0.5, 0.6) is 0 Å². The molecule has 1 aromatic carbocycles. The molecule has 0 saturated heterocycles. The second-order valence-electron chi connectivity index (χ2n) is 3.91. The first-order chi connectivity index (χ1) is 7.36. The van der Waals surface area contributed by atoms with Crippen molar-refractivity contribution in [1.29, 1.82) is 0 Å². The van der Waals surface area contributed by atoms with E-state index in [0.717, 1.165) is 25.7 Å². The highest BCUT2D eigenvalue weighted by Crippen LogP contribution is 2.16. The Hall–Kier alpha value is -0.860. The van der Waals surface area contributed by atoms with Gasteiger partial charge in [-0.15, -0.1) is 0 Å². The highest BCUT2D eigenvalue weighted by atomic mass is 16.3. The normalized spacial score (nSPS) is 10.9. The minimum absolute atomic E-state index is 0.222. The number of benzene rings is 1. The molecule has 0 aliphatic carbocycles. The summed E-state index contributed by atoms with van der Waals surface area (Å²) < 4.78 is 0. The van der Waals surface area contributed by atoms with Crippen molar-refractivity contribution < 1.29 is 10.2 Å². The largest absolute Gasteiger partial charge is 0.396 e. The van der Waals surface area contributed by atoms with Crippen molar-refractivity contribution in [2.45, 2.75) is 25.7 Å². The summed E-state index contributed by atoms with van der Waals surface area (Å²) in [4.78, 5) is 0. The molecule has 0 unspecified atom stereocenters. The van der Waals surface area contributed by atoms with Crippen LogP contribution in [-0.4, -0.2) is 23.4 Å². The van der Waals surface area contributed by atoms with E-state index in [1.807, 2.05) is 18.2 Å². The molecule has 84 valence electrons. The van der Waals surface area contributed by atoms with Crippen LogP contribution in [0, 0.1) is 5.92 Å². The lowest BCUT2D eigenvalue weighted by Crippen LogP contribution is -2.07. The molecule has 0 atom stereocenters. The molecule has 0 heterocycles. The Bertz CT molecular complexity index is 240. The highest BCUT2D eigenvalue weighted by Gasteiger charge is 2.07. The monoisotopic (exact) mass is 208 g/mol. The first kappa shape index (κ1) is 12.2. The predicted molar refractivity (Wildman–Crippen MR) is 61.7 cm³/mol. The topological polar surface area (TPSA) is 40.5 Å². The summed E-state index contributed by atoms with van der Waals surface area (Å²) in [5.74, 6) is 0.445. The summed E-state index contributed by atoms with van der Waals surface area (Å²) in [6.45, 7) is 0.443. The third-order valence-electron chi connectivity index (χ3n) is 2.76. The molecule has 0 aliphatic rings. The fraction of sp³-hybridized carbons (Fsp3) is 0.538. The molecule has 0 bridgehead atoms. The van der Waals surface area contributed by atoms with Crippen molar-refractivity contribution in [2.24, 2.45) is 5.92 Å². The van der Waals surface area contributed by atoms with E-state index in [9.17, 15) is 0 Å². The minimum atomic E-state index is 0.222. The Kier molecular flexibility index (Phi) is 6.05. The van der Waals surface area contributed by atoms with E-state index in [1.165, 1.54) is 5.56 Å². The first-order valence-electron chi connectivity index (χ1n) is 5.62. The van der Waals surface area contributed by atoms with Gasteiger partial charge in [0.2, 0.25) is 0 Å². The molecule has 1 aromatic rings. The lowest BCUT2D eigenvalue weighted by Gasteiger charge is -2.13. The minimum Gasteiger partial charge on any atom is -0.396 e. The molecule has 0 spiro atoms. The third-order valence-corrected chi connectivity index (χ3v) is 2.76. The average molecular weight is 208 g/mol. The summed E-state index contributed by atoms with van der Waals surface area (Å²) in [6, 6.07) is 10.3. The van der Waals surface area contributed by atoms with Gasteiger partial charge in [-0.2, -0.15) is 0 Å². The smallest absolute Gasteiger partial charge is 0.0433 e. The Morgan fingerprint density at radius 1 is 0.867 bits per heavy atom. The van der Waals surface area contributed by atoms with Crippen molar-refractivity contribution in [2.75, 3.05) is 13.2 Å². The van der Waals surface area contributed by atoms with Crippen LogP contribution in [0.2, 0.25) is 0 Å². The molecule has 0 saturated carbocycles. The van der Waals surface area contributed by atoms with Gasteiger partial charge in [-0.25, -0.2) is 0 Å². The highest BCUT2D eigenvalue weighted by molar-refractivity contribution is 5.14. The molecule has 2 heteroatoms.